The number of furan rings is 1. The van der Waals surface area contributed by atoms with E-state index < -0.39 is 0 Å². The Morgan fingerprint density at radius 2 is 1.96 bits per heavy atom. The van der Waals surface area contributed by atoms with E-state index in [1.165, 1.54) is 0 Å². The highest BCUT2D eigenvalue weighted by molar-refractivity contribution is 6.35. The van der Waals surface area contributed by atoms with Crippen molar-refractivity contribution >= 4 is 33.3 Å². The third-order valence-corrected chi connectivity index (χ3v) is 4.50. The fourth-order valence-electron chi connectivity index (χ4n) is 3.03. The van der Waals surface area contributed by atoms with Gasteiger partial charge in [0.2, 0.25) is 0 Å². The second kappa shape index (κ2) is 5.51. The van der Waals surface area contributed by atoms with Gasteiger partial charge in [0, 0.05) is 22.8 Å². The Labute approximate surface area is 143 Å². The Bertz CT molecular complexity index is 1130. The minimum Gasteiger partial charge on any atom is -0.464 e. The quantitative estimate of drug-likeness (QED) is 0.589. The van der Waals surface area contributed by atoms with E-state index in [0.717, 1.165) is 27.7 Å². The molecule has 4 rings (SSSR count). The van der Waals surface area contributed by atoms with Crippen LogP contribution in [0.5, 0.6) is 0 Å². The van der Waals surface area contributed by atoms with E-state index in [2.05, 4.69) is 0 Å². The lowest BCUT2D eigenvalue weighted by molar-refractivity contribution is 0.616. The Kier molecular flexibility index (Phi) is 3.44. The summed E-state index contributed by atoms with van der Waals surface area (Å²) in [6.07, 6.45) is 1.63. The van der Waals surface area contributed by atoms with Crippen LogP contribution < -0.4 is 11.3 Å². The maximum absolute atomic E-state index is 13.1. The number of hydrogen-bond acceptors (Lipinski definition) is 3. The first-order chi connectivity index (χ1) is 11.6. The van der Waals surface area contributed by atoms with Crippen molar-refractivity contribution in [2.24, 2.45) is 5.73 Å². The standard InChI is InChI=1S/C19H15ClN2O2/c1-11(21)16-10-13-3-2-4-15(20)18(13)19(23)22(16)14-5-6-17-12(9-14)7-8-24-17/h2-11H,21H2,1H3. The van der Waals surface area contributed by atoms with Crippen LogP contribution >= 0.6 is 11.6 Å². The zero-order valence-corrected chi connectivity index (χ0v) is 13.7. The van der Waals surface area contributed by atoms with Gasteiger partial charge in [0.05, 0.1) is 16.7 Å². The normalized spacial score (nSPS) is 12.8. The molecule has 0 fully saturated rings. The summed E-state index contributed by atoms with van der Waals surface area (Å²) in [6, 6.07) is 14.5. The van der Waals surface area contributed by atoms with Crippen LogP contribution in [0, 0.1) is 0 Å². The number of nitrogens with two attached hydrogens (primary N) is 1. The van der Waals surface area contributed by atoms with Crippen molar-refractivity contribution in [3.05, 3.63) is 75.9 Å². The summed E-state index contributed by atoms with van der Waals surface area (Å²) in [5.41, 5.74) is 8.20. The molecule has 5 heteroatoms. The van der Waals surface area contributed by atoms with Gasteiger partial charge < -0.3 is 10.2 Å². The molecule has 2 N–H and O–H groups in total. The Balaban J connectivity index is 2.12. The first-order valence-corrected chi connectivity index (χ1v) is 8.01. The van der Waals surface area contributed by atoms with E-state index in [1.807, 2.05) is 49.4 Å². The topological polar surface area (TPSA) is 61.2 Å². The molecule has 120 valence electrons. The van der Waals surface area contributed by atoms with Gasteiger partial charge in [0.15, 0.2) is 0 Å². The van der Waals surface area contributed by atoms with Crippen molar-refractivity contribution in [2.75, 3.05) is 0 Å². The van der Waals surface area contributed by atoms with E-state index in [9.17, 15) is 4.79 Å². The van der Waals surface area contributed by atoms with E-state index in [1.54, 1.807) is 16.9 Å². The van der Waals surface area contributed by atoms with Crippen LogP contribution in [0.4, 0.5) is 0 Å². The Morgan fingerprint density at radius 3 is 2.75 bits per heavy atom. The number of aromatic nitrogens is 1. The number of halogens is 1. The van der Waals surface area contributed by atoms with Gasteiger partial charge in [-0.05, 0) is 48.7 Å². The molecule has 0 aliphatic heterocycles. The highest BCUT2D eigenvalue weighted by atomic mass is 35.5. The molecular formula is C19H15ClN2O2. The zero-order chi connectivity index (χ0) is 16.8. The second-order valence-corrected chi connectivity index (χ2v) is 6.25. The Morgan fingerprint density at radius 1 is 1.12 bits per heavy atom. The van der Waals surface area contributed by atoms with Gasteiger partial charge >= 0.3 is 0 Å². The highest BCUT2D eigenvalue weighted by Gasteiger charge is 2.16. The van der Waals surface area contributed by atoms with Gasteiger partial charge in [-0.15, -0.1) is 0 Å². The van der Waals surface area contributed by atoms with Crippen molar-refractivity contribution in [1.29, 1.82) is 0 Å². The summed E-state index contributed by atoms with van der Waals surface area (Å²) in [5.74, 6) is 0. The zero-order valence-electron chi connectivity index (χ0n) is 13.0. The first-order valence-electron chi connectivity index (χ1n) is 7.63. The van der Waals surface area contributed by atoms with Crippen LogP contribution in [0.1, 0.15) is 18.7 Å². The van der Waals surface area contributed by atoms with E-state index in [-0.39, 0.29) is 11.6 Å². The minimum absolute atomic E-state index is 0.173. The van der Waals surface area contributed by atoms with Crippen molar-refractivity contribution in [3.8, 4) is 5.69 Å². The molecule has 0 saturated carbocycles. The van der Waals surface area contributed by atoms with Gasteiger partial charge in [0.1, 0.15) is 5.58 Å². The summed E-state index contributed by atoms with van der Waals surface area (Å²) in [5, 5.41) is 2.65. The highest BCUT2D eigenvalue weighted by Crippen LogP contribution is 2.26. The molecule has 0 saturated heterocycles. The van der Waals surface area contributed by atoms with Crippen molar-refractivity contribution < 1.29 is 4.42 Å². The lowest BCUT2D eigenvalue weighted by atomic mass is 10.1. The van der Waals surface area contributed by atoms with Crippen LogP contribution in [-0.2, 0) is 0 Å². The average molecular weight is 339 g/mol. The van der Waals surface area contributed by atoms with Crippen molar-refractivity contribution in [1.82, 2.24) is 4.57 Å². The fourth-order valence-corrected chi connectivity index (χ4v) is 3.30. The van der Waals surface area contributed by atoms with Crippen LogP contribution in [0.15, 0.2) is 64.0 Å². The summed E-state index contributed by atoms with van der Waals surface area (Å²) < 4.78 is 7.00. The van der Waals surface area contributed by atoms with Crippen LogP contribution in [0.3, 0.4) is 0 Å². The fraction of sp³-hybridized carbons (Fsp3) is 0.105. The molecule has 0 radical (unpaired) electrons. The summed E-state index contributed by atoms with van der Waals surface area (Å²) in [4.78, 5) is 13.1. The molecule has 1 unspecified atom stereocenters. The van der Waals surface area contributed by atoms with Crippen LogP contribution in [-0.4, -0.2) is 4.57 Å². The van der Waals surface area contributed by atoms with E-state index in [4.69, 9.17) is 21.8 Å². The molecule has 24 heavy (non-hydrogen) atoms. The first kappa shape index (κ1) is 15.0. The monoisotopic (exact) mass is 338 g/mol. The lowest BCUT2D eigenvalue weighted by Crippen LogP contribution is -2.25. The average Bonchev–Trinajstić information content (AvgIpc) is 3.02. The number of benzene rings is 2. The number of nitrogens with zero attached hydrogens (tertiary/aromatic N) is 1. The lowest BCUT2D eigenvalue weighted by Gasteiger charge is -2.17. The second-order valence-electron chi connectivity index (χ2n) is 5.85. The SMILES string of the molecule is CC(N)c1cc2cccc(Cl)c2c(=O)n1-c1ccc2occc2c1. The van der Waals surface area contributed by atoms with Gasteiger partial charge in [0.25, 0.3) is 5.56 Å². The predicted octanol–water partition coefficient (Wildman–Crippen LogP) is 4.41. The molecule has 0 amide bonds. The van der Waals surface area contributed by atoms with E-state index >= 15 is 0 Å². The third kappa shape index (κ3) is 2.23. The molecule has 0 bridgehead atoms. The largest absolute Gasteiger partial charge is 0.464 e. The summed E-state index contributed by atoms with van der Waals surface area (Å²) in [7, 11) is 0. The van der Waals surface area contributed by atoms with Crippen LogP contribution in [0.2, 0.25) is 5.02 Å². The number of hydrogen-bond donors (Lipinski definition) is 1. The maximum atomic E-state index is 13.1. The molecular weight excluding hydrogens is 324 g/mol. The van der Waals surface area contributed by atoms with Crippen molar-refractivity contribution in [2.45, 2.75) is 13.0 Å². The van der Waals surface area contributed by atoms with Gasteiger partial charge in [-0.3, -0.25) is 9.36 Å². The molecule has 4 nitrogen and oxygen atoms in total. The predicted molar refractivity (Wildman–Crippen MR) is 96.9 cm³/mol. The van der Waals surface area contributed by atoms with Gasteiger partial charge in [-0.25, -0.2) is 0 Å². The molecule has 1 atom stereocenters. The number of fused-ring (bicyclic) bond motifs is 2. The molecule has 4 aromatic rings. The molecule has 2 aromatic carbocycles. The van der Waals surface area contributed by atoms with E-state index in [0.29, 0.717) is 10.4 Å². The molecule has 0 aliphatic carbocycles. The maximum Gasteiger partial charge on any atom is 0.264 e. The minimum atomic E-state index is -0.305. The molecule has 0 aliphatic rings. The molecule has 2 aromatic heterocycles. The van der Waals surface area contributed by atoms with Gasteiger partial charge in [-0.1, -0.05) is 23.7 Å². The third-order valence-electron chi connectivity index (χ3n) is 4.19. The summed E-state index contributed by atoms with van der Waals surface area (Å²) in [6.45, 7) is 1.86. The van der Waals surface area contributed by atoms with Crippen LogP contribution in [0.25, 0.3) is 27.4 Å². The molecule has 0 spiro atoms. The summed E-state index contributed by atoms with van der Waals surface area (Å²) >= 11 is 6.27. The smallest absolute Gasteiger partial charge is 0.264 e. The van der Waals surface area contributed by atoms with Crippen molar-refractivity contribution in [3.63, 3.8) is 0 Å². The number of rotatable bonds is 2. The number of pyridine rings is 1. The molecule has 2 heterocycles. The Hall–Kier alpha value is -2.56. The van der Waals surface area contributed by atoms with Gasteiger partial charge in [-0.2, -0.15) is 0 Å².